The first-order chi connectivity index (χ1) is 9.65. The van der Waals surface area contributed by atoms with Crippen molar-refractivity contribution in [2.45, 2.75) is 19.3 Å². The summed E-state index contributed by atoms with van der Waals surface area (Å²) in [5, 5.41) is 14.3. The van der Waals surface area contributed by atoms with Gasteiger partial charge >= 0.3 is 0 Å². The summed E-state index contributed by atoms with van der Waals surface area (Å²) in [7, 11) is 0. The second-order valence-electron chi connectivity index (χ2n) is 4.75. The summed E-state index contributed by atoms with van der Waals surface area (Å²) in [6.07, 6.45) is 2.10. The molecule has 0 radical (unpaired) electrons. The highest BCUT2D eigenvalue weighted by Crippen LogP contribution is 2.31. The van der Waals surface area contributed by atoms with Gasteiger partial charge in [0.05, 0.1) is 27.1 Å². The van der Waals surface area contributed by atoms with Gasteiger partial charge in [0.15, 0.2) is 0 Å². The van der Waals surface area contributed by atoms with Crippen molar-refractivity contribution in [2.24, 2.45) is 5.92 Å². The van der Waals surface area contributed by atoms with E-state index in [2.05, 4.69) is 20.7 Å². The molecule has 2 N–H and O–H groups in total. The van der Waals surface area contributed by atoms with Gasteiger partial charge in [0.1, 0.15) is 0 Å². The smallest absolute Gasteiger partial charge is 0.227 e. The second-order valence-corrected chi connectivity index (χ2v) is 5.53. The maximum Gasteiger partial charge on any atom is 0.227 e. The van der Waals surface area contributed by atoms with Crippen LogP contribution in [0.5, 0.6) is 0 Å². The van der Waals surface area contributed by atoms with Crippen LogP contribution in [0.3, 0.4) is 0 Å². The third-order valence-corrected chi connectivity index (χ3v) is 4.27. The number of nitrogens with one attached hydrogen (secondary N) is 2. The summed E-state index contributed by atoms with van der Waals surface area (Å²) >= 11 is 12.0. The lowest BCUT2D eigenvalue weighted by molar-refractivity contribution is -0.120. The Hall–Kier alpha value is -1.59. The van der Waals surface area contributed by atoms with E-state index in [9.17, 15) is 4.79 Å². The quantitative estimate of drug-likeness (QED) is 0.896. The average Bonchev–Trinajstić information content (AvgIpc) is 2.91. The van der Waals surface area contributed by atoms with E-state index in [1.165, 1.54) is 0 Å². The Bertz CT molecular complexity index is 656. The first kappa shape index (κ1) is 13.4. The minimum atomic E-state index is -0.123. The number of hydrogen-bond acceptors (Lipinski definition) is 3. The molecular formula is C13H12Cl2N4O. The maximum atomic E-state index is 12.3. The molecule has 2 aromatic rings. The molecule has 1 heterocycles. The van der Waals surface area contributed by atoms with Crippen LogP contribution in [-0.2, 0) is 17.6 Å². The molecule has 1 aromatic carbocycles. The van der Waals surface area contributed by atoms with Gasteiger partial charge in [-0.3, -0.25) is 4.79 Å². The molecule has 1 atom stereocenters. The highest BCUT2D eigenvalue weighted by atomic mass is 35.5. The number of rotatable bonds is 2. The van der Waals surface area contributed by atoms with E-state index in [1.807, 2.05) is 0 Å². The fourth-order valence-electron chi connectivity index (χ4n) is 2.34. The maximum absolute atomic E-state index is 12.3. The second kappa shape index (κ2) is 5.42. The van der Waals surface area contributed by atoms with Crippen LogP contribution in [-0.4, -0.2) is 21.3 Å². The lowest BCUT2D eigenvalue weighted by Crippen LogP contribution is -2.28. The number of hydrogen-bond donors (Lipinski definition) is 2. The lowest BCUT2D eigenvalue weighted by Gasteiger charge is -2.20. The molecule has 7 heteroatoms. The molecule has 0 saturated carbocycles. The van der Waals surface area contributed by atoms with Gasteiger partial charge in [0.25, 0.3) is 0 Å². The standard InChI is InChI=1S/C13H12Cl2N4O/c14-8-2-1-3-10(12(8)15)16-13(20)7-4-5-9-11(6-7)18-19-17-9/h1-3,7H,4-6H2,(H,16,20)(H,17,18,19). The van der Waals surface area contributed by atoms with E-state index >= 15 is 0 Å². The van der Waals surface area contributed by atoms with Gasteiger partial charge in [0.2, 0.25) is 5.91 Å². The molecule has 1 aliphatic rings. The van der Waals surface area contributed by atoms with Crippen LogP contribution in [0.2, 0.25) is 10.0 Å². The Kier molecular flexibility index (Phi) is 3.63. The zero-order valence-corrected chi connectivity index (χ0v) is 12.0. The van der Waals surface area contributed by atoms with Crippen molar-refractivity contribution in [3.05, 3.63) is 39.6 Å². The molecule has 0 spiro atoms. The third-order valence-electron chi connectivity index (χ3n) is 3.45. The Morgan fingerprint density at radius 1 is 1.30 bits per heavy atom. The molecule has 1 amide bonds. The predicted molar refractivity (Wildman–Crippen MR) is 77.0 cm³/mol. The molecule has 20 heavy (non-hydrogen) atoms. The van der Waals surface area contributed by atoms with Crippen molar-refractivity contribution in [1.29, 1.82) is 0 Å². The minimum absolute atomic E-state index is 0.0668. The number of aromatic nitrogens is 3. The fourth-order valence-corrected chi connectivity index (χ4v) is 2.69. The average molecular weight is 311 g/mol. The Balaban J connectivity index is 1.73. The van der Waals surface area contributed by atoms with Gasteiger partial charge in [-0.25, -0.2) is 0 Å². The van der Waals surface area contributed by atoms with Gasteiger partial charge in [-0.15, -0.1) is 0 Å². The molecular weight excluding hydrogens is 299 g/mol. The zero-order valence-electron chi connectivity index (χ0n) is 10.5. The van der Waals surface area contributed by atoms with Crippen LogP contribution in [0.25, 0.3) is 0 Å². The molecule has 0 saturated heterocycles. The molecule has 5 nitrogen and oxygen atoms in total. The van der Waals surface area contributed by atoms with Crippen LogP contribution < -0.4 is 5.32 Å². The number of aryl methyl sites for hydroxylation is 1. The number of aromatic amines is 1. The number of nitrogens with zero attached hydrogens (tertiary/aromatic N) is 2. The summed E-state index contributed by atoms with van der Waals surface area (Å²) in [5.74, 6) is -0.189. The summed E-state index contributed by atoms with van der Waals surface area (Å²) in [5.41, 5.74) is 2.36. The fraction of sp³-hybridized carbons (Fsp3) is 0.308. The van der Waals surface area contributed by atoms with Crippen LogP contribution in [0.1, 0.15) is 17.8 Å². The number of carbonyl (C=O) groups is 1. The van der Waals surface area contributed by atoms with E-state index in [0.717, 1.165) is 24.2 Å². The van der Waals surface area contributed by atoms with Crippen LogP contribution in [0.4, 0.5) is 5.69 Å². The molecule has 1 aliphatic carbocycles. The normalized spacial score (nSPS) is 17.6. The van der Waals surface area contributed by atoms with Crippen molar-refractivity contribution in [2.75, 3.05) is 5.32 Å². The summed E-state index contributed by atoms with van der Waals surface area (Å²) in [4.78, 5) is 12.3. The Morgan fingerprint density at radius 3 is 2.95 bits per heavy atom. The molecule has 0 bridgehead atoms. The van der Waals surface area contributed by atoms with Crippen LogP contribution in [0, 0.1) is 5.92 Å². The van der Waals surface area contributed by atoms with E-state index in [4.69, 9.17) is 23.2 Å². The van der Waals surface area contributed by atoms with Gasteiger partial charge < -0.3 is 5.32 Å². The molecule has 0 aliphatic heterocycles. The van der Waals surface area contributed by atoms with E-state index in [1.54, 1.807) is 18.2 Å². The summed E-state index contributed by atoms with van der Waals surface area (Å²) in [6.45, 7) is 0. The molecule has 1 unspecified atom stereocenters. The predicted octanol–water partition coefficient (Wildman–Crippen LogP) is 2.86. The largest absolute Gasteiger partial charge is 0.324 e. The number of benzene rings is 1. The van der Waals surface area contributed by atoms with Crippen molar-refractivity contribution in [3.8, 4) is 0 Å². The van der Waals surface area contributed by atoms with Crippen molar-refractivity contribution >= 4 is 34.8 Å². The Labute approximate surface area is 125 Å². The van der Waals surface area contributed by atoms with Crippen molar-refractivity contribution in [3.63, 3.8) is 0 Å². The molecule has 1 aromatic heterocycles. The van der Waals surface area contributed by atoms with Crippen LogP contribution in [0.15, 0.2) is 18.2 Å². The van der Waals surface area contributed by atoms with Crippen molar-refractivity contribution in [1.82, 2.24) is 15.4 Å². The summed E-state index contributed by atoms with van der Waals surface area (Å²) in [6, 6.07) is 5.17. The number of anilines is 1. The van der Waals surface area contributed by atoms with E-state index in [-0.39, 0.29) is 11.8 Å². The van der Waals surface area contributed by atoms with Gasteiger partial charge in [-0.2, -0.15) is 15.4 Å². The number of halogens is 2. The van der Waals surface area contributed by atoms with Crippen LogP contribution >= 0.6 is 23.2 Å². The van der Waals surface area contributed by atoms with Gasteiger partial charge in [-0.1, -0.05) is 29.3 Å². The number of H-pyrrole nitrogens is 1. The highest BCUT2D eigenvalue weighted by Gasteiger charge is 2.27. The monoisotopic (exact) mass is 310 g/mol. The molecule has 104 valence electrons. The SMILES string of the molecule is O=C(Nc1cccc(Cl)c1Cl)C1CCc2n[nH]nc2C1. The number of carbonyl (C=O) groups excluding carboxylic acids is 1. The topological polar surface area (TPSA) is 70.7 Å². The zero-order chi connectivity index (χ0) is 14.1. The number of amides is 1. The highest BCUT2D eigenvalue weighted by molar-refractivity contribution is 6.44. The lowest BCUT2D eigenvalue weighted by atomic mass is 9.89. The Morgan fingerprint density at radius 2 is 2.10 bits per heavy atom. The third kappa shape index (κ3) is 2.51. The first-order valence-corrected chi connectivity index (χ1v) is 7.04. The minimum Gasteiger partial charge on any atom is -0.324 e. The molecule has 0 fully saturated rings. The van der Waals surface area contributed by atoms with Crippen molar-refractivity contribution < 1.29 is 4.79 Å². The molecule has 3 rings (SSSR count). The first-order valence-electron chi connectivity index (χ1n) is 6.28. The van der Waals surface area contributed by atoms with E-state index in [0.29, 0.717) is 22.2 Å². The van der Waals surface area contributed by atoms with Gasteiger partial charge in [0, 0.05) is 12.3 Å². The number of fused-ring (bicyclic) bond motifs is 1. The van der Waals surface area contributed by atoms with Gasteiger partial charge in [-0.05, 0) is 25.0 Å². The van der Waals surface area contributed by atoms with E-state index < -0.39 is 0 Å². The summed E-state index contributed by atoms with van der Waals surface area (Å²) < 4.78 is 0.